The fourth-order valence-corrected chi connectivity index (χ4v) is 7.14. The molecule has 11 heteroatoms. The second kappa shape index (κ2) is 13.7. The van der Waals surface area contributed by atoms with Gasteiger partial charge >= 0.3 is 5.97 Å². The van der Waals surface area contributed by atoms with Crippen molar-refractivity contribution in [3.63, 3.8) is 0 Å². The molecule has 0 saturated carbocycles. The van der Waals surface area contributed by atoms with Gasteiger partial charge in [-0.05, 0) is 78.4 Å². The highest BCUT2D eigenvalue weighted by Gasteiger charge is 2.36. The van der Waals surface area contributed by atoms with Crippen molar-refractivity contribution in [2.24, 2.45) is 0 Å². The molecule has 0 unspecified atom stereocenters. The number of sulfonamides is 1. The third-order valence-corrected chi connectivity index (χ3v) is 9.29. The first-order chi connectivity index (χ1) is 20.8. The summed E-state index contributed by atoms with van der Waals surface area (Å²) in [6.45, 7) is 3.76. The Bertz CT molecular complexity index is 1690. The maximum Gasteiger partial charge on any atom is 0.305 e. The molecule has 0 saturated heterocycles. The average Bonchev–Trinajstić information content (AvgIpc) is 3.32. The number of benzene rings is 3. The van der Waals surface area contributed by atoms with Crippen molar-refractivity contribution in [1.29, 1.82) is 0 Å². The molecule has 0 radical (unpaired) electrons. The van der Waals surface area contributed by atoms with E-state index in [2.05, 4.69) is 0 Å². The summed E-state index contributed by atoms with van der Waals surface area (Å²) in [7, 11) is -2.82. The van der Waals surface area contributed by atoms with E-state index >= 15 is 0 Å². The van der Waals surface area contributed by atoms with Gasteiger partial charge in [0.1, 0.15) is 16.5 Å². The van der Waals surface area contributed by atoms with Gasteiger partial charge in [0.05, 0.1) is 30.0 Å². The molecule has 8 nitrogen and oxygen atoms in total. The Morgan fingerprint density at radius 1 is 0.864 bits per heavy atom. The van der Waals surface area contributed by atoms with Crippen LogP contribution < -0.4 is 4.31 Å². The molecule has 4 rings (SSSR count). The van der Waals surface area contributed by atoms with Gasteiger partial charge < -0.3 is 19.9 Å². The minimum Gasteiger partial charge on any atom is -0.481 e. The number of aliphatic carboxylic acids is 1. The van der Waals surface area contributed by atoms with E-state index in [1.54, 1.807) is 34.9 Å². The Morgan fingerprint density at radius 2 is 1.41 bits per heavy atom. The Kier molecular flexibility index (Phi) is 10.2. The number of aliphatic hydroxyl groups excluding tert-OH is 2. The summed E-state index contributed by atoms with van der Waals surface area (Å²) in [5.41, 5.74) is 2.48. The number of para-hydroxylation sites is 1. The summed E-state index contributed by atoms with van der Waals surface area (Å²) in [4.78, 5) is 11.0. The van der Waals surface area contributed by atoms with E-state index in [1.807, 2.05) is 13.8 Å². The smallest absolute Gasteiger partial charge is 0.305 e. The van der Waals surface area contributed by atoms with Crippen molar-refractivity contribution in [1.82, 2.24) is 4.57 Å². The molecular weight excluding hydrogens is 590 g/mol. The molecule has 1 heterocycles. The normalized spacial score (nSPS) is 13.2. The van der Waals surface area contributed by atoms with Gasteiger partial charge in [0.25, 0.3) is 10.0 Å². The van der Waals surface area contributed by atoms with Crippen LogP contribution in [0.2, 0.25) is 0 Å². The minimum atomic E-state index is -4.27. The third-order valence-electron chi connectivity index (χ3n) is 7.43. The van der Waals surface area contributed by atoms with E-state index < -0.39 is 46.3 Å². The lowest BCUT2D eigenvalue weighted by atomic mass is 10.00. The molecule has 0 aliphatic heterocycles. The van der Waals surface area contributed by atoms with Crippen molar-refractivity contribution in [3.05, 3.63) is 96.2 Å². The Labute approximate surface area is 255 Å². The molecule has 0 fully saturated rings. The summed E-state index contributed by atoms with van der Waals surface area (Å²) >= 11 is 0. The first kappa shape index (κ1) is 32.8. The van der Waals surface area contributed by atoms with E-state index in [0.717, 1.165) is 0 Å². The molecule has 0 spiro atoms. The van der Waals surface area contributed by atoms with Crippen LogP contribution in [-0.4, -0.2) is 53.5 Å². The summed E-state index contributed by atoms with van der Waals surface area (Å²) in [6.07, 6.45) is -3.03. The van der Waals surface area contributed by atoms with Gasteiger partial charge in [-0.3, -0.25) is 9.10 Å². The van der Waals surface area contributed by atoms with E-state index in [-0.39, 0.29) is 30.2 Å². The molecule has 0 amide bonds. The first-order valence-corrected chi connectivity index (χ1v) is 15.6. The number of nitrogens with zero attached hydrogens (tertiary/aromatic N) is 2. The fourth-order valence-electron chi connectivity index (χ4n) is 5.38. The van der Waals surface area contributed by atoms with Crippen LogP contribution in [0.4, 0.5) is 14.5 Å². The van der Waals surface area contributed by atoms with E-state index in [9.17, 15) is 32.2 Å². The number of anilines is 1. The van der Waals surface area contributed by atoms with Crippen molar-refractivity contribution >= 4 is 21.7 Å². The van der Waals surface area contributed by atoms with Gasteiger partial charge in [-0.2, -0.15) is 0 Å². The van der Waals surface area contributed by atoms with Crippen molar-refractivity contribution in [2.75, 3.05) is 11.4 Å². The number of aliphatic hydroxyl groups is 2. The number of carbonyl (C=O) groups is 1. The lowest BCUT2D eigenvalue weighted by molar-refractivity contribution is -0.139. The molecule has 44 heavy (non-hydrogen) atoms. The van der Waals surface area contributed by atoms with Crippen LogP contribution in [0.3, 0.4) is 0 Å². The van der Waals surface area contributed by atoms with Crippen molar-refractivity contribution < 1.29 is 37.3 Å². The van der Waals surface area contributed by atoms with Crippen LogP contribution >= 0.6 is 0 Å². The van der Waals surface area contributed by atoms with Crippen LogP contribution in [0.15, 0.2) is 83.8 Å². The zero-order valence-electron chi connectivity index (χ0n) is 24.7. The standard InChI is InChI=1S/C33H36F2N2O6S/c1-21(2)31-33(44(42,43)36(3)26-7-5-4-6-8-26)30(22-9-13-24(34)14-10-22)32(23-11-15-25(35)16-12-23)37(31)18-17-27(38)19-28(39)20-29(40)41/h4-16,21,27-28,38-39H,17-20H2,1-3H3,(H,40,41)/t27-,28-/m1/s1. The van der Waals surface area contributed by atoms with Crippen LogP contribution in [0.25, 0.3) is 22.4 Å². The zero-order chi connectivity index (χ0) is 32.2. The molecule has 3 aromatic carbocycles. The number of carboxylic acid groups (broad SMARTS) is 1. The number of rotatable bonds is 13. The van der Waals surface area contributed by atoms with E-state index in [4.69, 9.17) is 5.11 Å². The van der Waals surface area contributed by atoms with Crippen LogP contribution in [0, 0.1) is 11.6 Å². The monoisotopic (exact) mass is 626 g/mol. The summed E-state index contributed by atoms with van der Waals surface area (Å²) in [5, 5.41) is 29.8. The Hall–Kier alpha value is -4.06. The van der Waals surface area contributed by atoms with Gasteiger partial charge in [-0.25, -0.2) is 17.2 Å². The second-order valence-corrected chi connectivity index (χ2v) is 12.9. The van der Waals surface area contributed by atoms with Crippen molar-refractivity contribution in [3.8, 4) is 22.4 Å². The highest BCUT2D eigenvalue weighted by Crippen LogP contribution is 2.46. The molecule has 1 aromatic heterocycles. The summed E-state index contributed by atoms with van der Waals surface area (Å²) < 4.78 is 60.3. The van der Waals surface area contributed by atoms with Crippen LogP contribution in [-0.2, 0) is 21.4 Å². The third kappa shape index (κ3) is 7.18. The van der Waals surface area contributed by atoms with Crippen LogP contribution in [0.5, 0.6) is 0 Å². The Morgan fingerprint density at radius 3 is 1.93 bits per heavy atom. The number of hydrogen-bond donors (Lipinski definition) is 3. The van der Waals surface area contributed by atoms with Crippen LogP contribution in [0.1, 0.15) is 44.7 Å². The van der Waals surface area contributed by atoms with Gasteiger partial charge in [0, 0.05) is 24.8 Å². The van der Waals surface area contributed by atoms with Crippen molar-refractivity contribution in [2.45, 2.75) is 62.7 Å². The molecule has 3 N–H and O–H groups in total. The predicted molar refractivity (Wildman–Crippen MR) is 165 cm³/mol. The molecular formula is C33H36F2N2O6S. The SMILES string of the molecule is CC(C)c1c(S(=O)(=O)N(C)c2ccccc2)c(-c2ccc(F)cc2)c(-c2ccc(F)cc2)n1CC[C@@H](O)C[C@@H](O)CC(=O)O. The van der Waals surface area contributed by atoms with E-state index in [1.165, 1.54) is 59.9 Å². The first-order valence-electron chi connectivity index (χ1n) is 14.2. The quantitative estimate of drug-likeness (QED) is 0.167. The number of aromatic nitrogens is 1. The minimum absolute atomic E-state index is 0.00909. The highest BCUT2D eigenvalue weighted by atomic mass is 32.2. The predicted octanol–water partition coefficient (Wildman–Crippen LogP) is 6.03. The lowest BCUT2D eigenvalue weighted by Crippen LogP contribution is -2.28. The number of carboxylic acids is 1. The topological polar surface area (TPSA) is 120 Å². The number of halogens is 2. The maximum atomic E-state index is 14.6. The maximum absolute atomic E-state index is 14.6. The molecule has 0 aliphatic carbocycles. The summed E-state index contributed by atoms with van der Waals surface area (Å²) in [6, 6.07) is 19.6. The highest BCUT2D eigenvalue weighted by molar-refractivity contribution is 7.93. The van der Waals surface area contributed by atoms with Gasteiger partial charge in [-0.15, -0.1) is 0 Å². The van der Waals surface area contributed by atoms with Gasteiger partial charge in [-0.1, -0.05) is 44.2 Å². The molecule has 4 aromatic rings. The molecule has 2 atom stereocenters. The molecule has 0 aliphatic rings. The molecule has 0 bridgehead atoms. The second-order valence-electron chi connectivity index (χ2n) is 11.0. The Balaban J connectivity index is 2.00. The number of hydrogen-bond acceptors (Lipinski definition) is 5. The average molecular weight is 627 g/mol. The summed E-state index contributed by atoms with van der Waals surface area (Å²) in [5.74, 6) is -2.56. The van der Waals surface area contributed by atoms with Gasteiger partial charge in [0.2, 0.25) is 0 Å². The van der Waals surface area contributed by atoms with Gasteiger partial charge in [0.15, 0.2) is 0 Å². The largest absolute Gasteiger partial charge is 0.481 e. The van der Waals surface area contributed by atoms with E-state index in [0.29, 0.717) is 33.8 Å². The fraction of sp³-hybridized carbons (Fsp3) is 0.303. The lowest BCUT2D eigenvalue weighted by Gasteiger charge is -2.23. The zero-order valence-corrected chi connectivity index (χ0v) is 25.5. The molecule has 234 valence electrons.